The number of halogens is 1. The Balaban J connectivity index is 1.66. The van der Waals surface area contributed by atoms with Gasteiger partial charge in [0.25, 0.3) is 0 Å². The van der Waals surface area contributed by atoms with Crippen molar-refractivity contribution >= 4 is 28.0 Å². The fourth-order valence-electron chi connectivity index (χ4n) is 3.30. The van der Waals surface area contributed by atoms with Crippen LogP contribution in [0.4, 0.5) is 4.79 Å². The molecule has 0 spiro atoms. The van der Waals surface area contributed by atoms with E-state index in [9.17, 15) is 9.59 Å². The number of piperidine rings is 1. The maximum absolute atomic E-state index is 12.4. The number of carboxylic acid groups (broad SMARTS) is 1. The molecule has 0 atom stereocenters. The van der Waals surface area contributed by atoms with Crippen molar-refractivity contribution in [1.82, 2.24) is 9.88 Å². The molecule has 1 aliphatic rings. The van der Waals surface area contributed by atoms with Crippen LogP contribution in [0.5, 0.6) is 0 Å². The Labute approximate surface area is 171 Å². The summed E-state index contributed by atoms with van der Waals surface area (Å²) in [5.74, 6) is -1.03. The van der Waals surface area contributed by atoms with Gasteiger partial charge in [-0.25, -0.2) is 9.59 Å². The highest BCUT2D eigenvalue weighted by molar-refractivity contribution is 9.10. The van der Waals surface area contributed by atoms with E-state index >= 15 is 0 Å². The molecule has 1 saturated heterocycles. The van der Waals surface area contributed by atoms with Gasteiger partial charge in [0.1, 0.15) is 13.2 Å². The third-order valence-electron chi connectivity index (χ3n) is 4.77. The van der Waals surface area contributed by atoms with Crippen LogP contribution >= 0.6 is 15.9 Å². The third kappa shape index (κ3) is 4.88. The first-order valence-electron chi connectivity index (χ1n) is 8.91. The lowest BCUT2D eigenvalue weighted by Gasteiger charge is -2.41. The standard InChI is InChI=1S/C20H21BrN2O5/c21-17-12-22-9-6-16(17)20(28-14-18(24)25)7-10-23(11-8-20)19(26)27-13-15-4-2-1-3-5-15/h1-6,9,12H,7-8,10-11,13-14H2,(H,24,25). The number of ether oxygens (including phenoxy) is 2. The average Bonchev–Trinajstić information content (AvgIpc) is 2.72. The maximum Gasteiger partial charge on any atom is 0.410 e. The Morgan fingerprint density at radius 1 is 1.18 bits per heavy atom. The Hall–Kier alpha value is -2.45. The summed E-state index contributed by atoms with van der Waals surface area (Å²) >= 11 is 3.47. The van der Waals surface area contributed by atoms with Gasteiger partial charge in [-0.2, -0.15) is 0 Å². The molecule has 0 radical (unpaired) electrons. The van der Waals surface area contributed by atoms with Crippen molar-refractivity contribution in [2.45, 2.75) is 25.0 Å². The molecule has 1 amide bonds. The van der Waals surface area contributed by atoms with Crippen LogP contribution in [0, 0.1) is 0 Å². The molecular formula is C20H21BrN2O5. The summed E-state index contributed by atoms with van der Waals surface area (Å²) in [6.07, 6.45) is 3.84. The van der Waals surface area contributed by atoms with Crippen molar-refractivity contribution in [3.8, 4) is 0 Å². The van der Waals surface area contributed by atoms with Crippen molar-refractivity contribution in [2.75, 3.05) is 19.7 Å². The lowest BCUT2D eigenvalue weighted by Crippen LogP contribution is -2.47. The first kappa shape index (κ1) is 20.3. The van der Waals surface area contributed by atoms with Crippen LogP contribution in [0.15, 0.2) is 53.3 Å². The number of amides is 1. The lowest BCUT2D eigenvalue weighted by molar-refractivity contribution is -0.154. The number of benzene rings is 1. The summed E-state index contributed by atoms with van der Waals surface area (Å²) < 4.78 is 12.0. The molecule has 8 heteroatoms. The molecule has 0 bridgehead atoms. The van der Waals surface area contributed by atoms with Gasteiger partial charge in [-0.1, -0.05) is 30.3 Å². The van der Waals surface area contributed by atoms with E-state index in [4.69, 9.17) is 14.6 Å². The van der Waals surface area contributed by atoms with Gasteiger partial charge in [0.05, 0.1) is 5.60 Å². The highest BCUT2D eigenvalue weighted by Gasteiger charge is 2.40. The molecule has 0 unspecified atom stereocenters. The zero-order chi connectivity index (χ0) is 20.0. The van der Waals surface area contributed by atoms with Gasteiger partial charge < -0.3 is 19.5 Å². The Morgan fingerprint density at radius 3 is 2.54 bits per heavy atom. The lowest BCUT2D eigenvalue weighted by atomic mass is 9.84. The molecule has 7 nitrogen and oxygen atoms in total. The minimum atomic E-state index is -1.03. The molecule has 2 aromatic rings. The first-order chi connectivity index (χ1) is 13.5. The second-order valence-corrected chi connectivity index (χ2v) is 7.41. The highest BCUT2D eigenvalue weighted by atomic mass is 79.9. The topological polar surface area (TPSA) is 89.0 Å². The number of hydrogen-bond donors (Lipinski definition) is 1. The van der Waals surface area contributed by atoms with E-state index in [0.717, 1.165) is 15.6 Å². The number of likely N-dealkylation sites (tertiary alicyclic amines) is 1. The fourth-order valence-corrected chi connectivity index (χ4v) is 3.91. The normalized spacial score (nSPS) is 15.8. The molecule has 1 aliphatic heterocycles. The third-order valence-corrected chi connectivity index (χ3v) is 5.40. The van der Waals surface area contributed by atoms with Gasteiger partial charge in [0.15, 0.2) is 0 Å². The summed E-state index contributed by atoms with van der Waals surface area (Å²) in [5.41, 5.74) is 0.963. The van der Waals surface area contributed by atoms with Gasteiger partial charge in [0, 0.05) is 35.5 Å². The summed E-state index contributed by atoms with van der Waals surface area (Å²) in [4.78, 5) is 29.1. The number of carboxylic acids is 1. The number of nitrogens with zero attached hydrogens (tertiary/aromatic N) is 2. The molecule has 148 valence electrons. The second-order valence-electron chi connectivity index (χ2n) is 6.56. The number of hydrogen-bond acceptors (Lipinski definition) is 5. The van der Waals surface area contributed by atoms with Gasteiger partial charge in [0.2, 0.25) is 0 Å². The van der Waals surface area contributed by atoms with Crippen molar-refractivity contribution in [1.29, 1.82) is 0 Å². The van der Waals surface area contributed by atoms with E-state index in [2.05, 4.69) is 20.9 Å². The van der Waals surface area contributed by atoms with E-state index in [1.807, 2.05) is 36.4 Å². The quantitative estimate of drug-likeness (QED) is 0.726. The Bertz CT molecular complexity index is 822. The van der Waals surface area contributed by atoms with Gasteiger partial charge in [-0.3, -0.25) is 4.98 Å². The number of carbonyl (C=O) groups excluding carboxylic acids is 1. The van der Waals surface area contributed by atoms with E-state index in [-0.39, 0.29) is 12.7 Å². The minimum Gasteiger partial charge on any atom is -0.480 e. The van der Waals surface area contributed by atoms with Crippen LogP contribution in [-0.4, -0.2) is 46.7 Å². The van der Waals surface area contributed by atoms with Crippen LogP contribution < -0.4 is 0 Å². The zero-order valence-electron chi connectivity index (χ0n) is 15.2. The summed E-state index contributed by atoms with van der Waals surface area (Å²) in [5, 5.41) is 9.06. The monoisotopic (exact) mass is 448 g/mol. The van der Waals surface area contributed by atoms with E-state index < -0.39 is 18.2 Å². The second kappa shape index (κ2) is 9.16. The molecular weight excluding hydrogens is 428 g/mol. The summed E-state index contributed by atoms with van der Waals surface area (Å²) in [6, 6.07) is 11.3. The summed E-state index contributed by atoms with van der Waals surface area (Å²) in [6.45, 7) is 0.615. The number of rotatable bonds is 6. The van der Waals surface area contributed by atoms with Gasteiger partial charge in [-0.05, 0) is 40.4 Å². The number of aliphatic carboxylic acids is 1. The maximum atomic E-state index is 12.4. The molecule has 3 rings (SSSR count). The molecule has 1 N–H and O–H groups in total. The molecule has 0 aliphatic carbocycles. The van der Waals surface area contributed by atoms with Crippen LogP contribution in [0.2, 0.25) is 0 Å². The zero-order valence-corrected chi connectivity index (χ0v) is 16.8. The first-order valence-corrected chi connectivity index (χ1v) is 9.71. The van der Waals surface area contributed by atoms with E-state index in [0.29, 0.717) is 25.9 Å². The summed E-state index contributed by atoms with van der Waals surface area (Å²) in [7, 11) is 0. The van der Waals surface area contributed by atoms with E-state index in [1.54, 1.807) is 17.3 Å². The SMILES string of the molecule is O=C(O)COC1(c2ccncc2Br)CCN(C(=O)OCc2ccccc2)CC1. The Morgan fingerprint density at radius 2 is 1.89 bits per heavy atom. The van der Waals surface area contributed by atoms with Crippen molar-refractivity contribution in [3.05, 3.63) is 64.4 Å². The van der Waals surface area contributed by atoms with Crippen LogP contribution in [0.3, 0.4) is 0 Å². The largest absolute Gasteiger partial charge is 0.480 e. The molecule has 0 saturated carbocycles. The van der Waals surface area contributed by atoms with Crippen molar-refractivity contribution in [3.63, 3.8) is 0 Å². The molecule has 1 aromatic heterocycles. The number of carbonyl (C=O) groups is 2. The van der Waals surface area contributed by atoms with Gasteiger partial charge in [-0.15, -0.1) is 0 Å². The number of pyridine rings is 1. The van der Waals surface area contributed by atoms with Crippen LogP contribution in [0.25, 0.3) is 0 Å². The number of aromatic nitrogens is 1. The fraction of sp³-hybridized carbons (Fsp3) is 0.350. The van der Waals surface area contributed by atoms with Crippen molar-refractivity contribution in [2.24, 2.45) is 0 Å². The Kier molecular flexibility index (Phi) is 6.64. The van der Waals surface area contributed by atoms with E-state index in [1.165, 1.54) is 0 Å². The molecule has 1 fully saturated rings. The smallest absolute Gasteiger partial charge is 0.410 e. The average molecular weight is 449 g/mol. The van der Waals surface area contributed by atoms with Crippen molar-refractivity contribution < 1.29 is 24.2 Å². The minimum absolute atomic E-state index is 0.215. The van der Waals surface area contributed by atoms with Crippen LogP contribution in [-0.2, 0) is 26.5 Å². The van der Waals surface area contributed by atoms with Crippen LogP contribution in [0.1, 0.15) is 24.0 Å². The van der Waals surface area contributed by atoms with Gasteiger partial charge >= 0.3 is 12.1 Å². The molecule has 1 aromatic carbocycles. The molecule has 2 heterocycles. The highest BCUT2D eigenvalue weighted by Crippen LogP contribution is 2.40. The molecule has 28 heavy (non-hydrogen) atoms. The predicted molar refractivity (Wildman–Crippen MR) is 105 cm³/mol. The predicted octanol–water partition coefficient (Wildman–Crippen LogP) is 3.57.